The summed E-state index contributed by atoms with van der Waals surface area (Å²) in [6.07, 6.45) is 8.72. The van der Waals surface area contributed by atoms with Crippen LogP contribution in [0, 0.1) is 11.8 Å². The van der Waals surface area contributed by atoms with Crippen LogP contribution >= 0.6 is 0 Å². The summed E-state index contributed by atoms with van der Waals surface area (Å²) in [5.41, 5.74) is 1.07. The smallest absolute Gasteiger partial charge is 0.363 e. The van der Waals surface area contributed by atoms with E-state index in [1.165, 1.54) is 25.7 Å². The van der Waals surface area contributed by atoms with Crippen molar-refractivity contribution in [3.05, 3.63) is 29.5 Å². The molecule has 2 aliphatic rings. The number of rotatable bonds is 6. The number of cyclic esters (lactones) is 1. The van der Waals surface area contributed by atoms with Crippen LogP contribution < -0.4 is 9.47 Å². The molecule has 0 aromatic heterocycles. The third-order valence-corrected chi connectivity index (χ3v) is 5.26. The summed E-state index contributed by atoms with van der Waals surface area (Å²) in [6.45, 7) is 2.23. The van der Waals surface area contributed by atoms with Crippen LogP contribution in [-0.2, 0) is 9.53 Å². The van der Waals surface area contributed by atoms with Crippen LogP contribution in [0.2, 0.25) is 0 Å². The summed E-state index contributed by atoms with van der Waals surface area (Å²) in [5, 5.41) is 0. The van der Waals surface area contributed by atoms with Crippen LogP contribution in [0.4, 0.5) is 0 Å². The molecular weight excluding hydrogens is 330 g/mol. The van der Waals surface area contributed by atoms with Crippen molar-refractivity contribution in [2.75, 3.05) is 14.2 Å². The summed E-state index contributed by atoms with van der Waals surface area (Å²) in [5.74, 6) is 2.46. The zero-order valence-corrected chi connectivity index (χ0v) is 15.8. The second kappa shape index (κ2) is 8.39. The molecule has 140 valence electrons. The molecule has 5 nitrogen and oxygen atoms in total. The number of carbonyl (C=O) groups excluding carboxylic acids is 1. The fourth-order valence-corrected chi connectivity index (χ4v) is 3.88. The molecule has 0 spiro atoms. The van der Waals surface area contributed by atoms with Crippen LogP contribution in [-0.4, -0.2) is 26.1 Å². The van der Waals surface area contributed by atoms with Gasteiger partial charge in [0.25, 0.3) is 0 Å². The number of hydrogen-bond acceptors (Lipinski definition) is 5. The molecule has 5 heteroatoms. The zero-order chi connectivity index (χ0) is 18.5. The van der Waals surface area contributed by atoms with Gasteiger partial charge in [-0.15, -0.1) is 0 Å². The predicted octanol–water partition coefficient (Wildman–Crippen LogP) is 4.61. The summed E-state index contributed by atoms with van der Waals surface area (Å²) < 4.78 is 16.2. The first-order chi connectivity index (χ1) is 12.7. The fourth-order valence-electron chi connectivity index (χ4n) is 3.88. The van der Waals surface area contributed by atoms with Crippen LogP contribution in [0.5, 0.6) is 11.5 Å². The van der Waals surface area contributed by atoms with Crippen molar-refractivity contribution in [3.63, 3.8) is 0 Å². The Balaban J connectivity index is 1.78. The van der Waals surface area contributed by atoms with Crippen LogP contribution in [0.25, 0.3) is 6.08 Å². The van der Waals surface area contributed by atoms with Crippen molar-refractivity contribution in [1.82, 2.24) is 0 Å². The first-order valence-corrected chi connectivity index (χ1v) is 9.39. The van der Waals surface area contributed by atoms with E-state index in [0.717, 1.165) is 24.3 Å². The average Bonchev–Trinajstić information content (AvgIpc) is 3.03. The van der Waals surface area contributed by atoms with Crippen LogP contribution in [0.1, 0.15) is 51.0 Å². The second-order valence-electron chi connectivity index (χ2n) is 6.96. The van der Waals surface area contributed by atoms with E-state index in [1.807, 2.05) is 18.2 Å². The Morgan fingerprint density at radius 2 is 1.96 bits per heavy atom. The van der Waals surface area contributed by atoms with Gasteiger partial charge in [0, 0.05) is 11.5 Å². The van der Waals surface area contributed by atoms with Gasteiger partial charge in [0.15, 0.2) is 17.2 Å². The number of esters is 1. The molecule has 1 fully saturated rings. The molecular formula is C21H27NO4. The van der Waals surface area contributed by atoms with E-state index < -0.39 is 0 Å². The van der Waals surface area contributed by atoms with E-state index >= 15 is 0 Å². The van der Waals surface area contributed by atoms with Gasteiger partial charge in [-0.1, -0.05) is 31.9 Å². The quantitative estimate of drug-likeness (QED) is 0.551. The maximum absolute atomic E-state index is 12.3. The number of aliphatic imine (C=N–C) groups is 1. The van der Waals surface area contributed by atoms with Gasteiger partial charge >= 0.3 is 5.97 Å². The predicted molar refractivity (Wildman–Crippen MR) is 101 cm³/mol. The molecule has 1 aliphatic heterocycles. The third kappa shape index (κ3) is 3.92. The Hall–Kier alpha value is -2.30. The number of carbonyl (C=O) groups is 1. The summed E-state index contributed by atoms with van der Waals surface area (Å²) in [6, 6.07) is 5.54. The first-order valence-electron chi connectivity index (χ1n) is 9.39. The molecule has 0 saturated heterocycles. The van der Waals surface area contributed by atoms with Crippen molar-refractivity contribution in [1.29, 1.82) is 0 Å². The van der Waals surface area contributed by atoms with Gasteiger partial charge in [0.05, 0.1) is 14.2 Å². The molecule has 26 heavy (non-hydrogen) atoms. The minimum Gasteiger partial charge on any atom is -0.493 e. The first kappa shape index (κ1) is 18.5. The maximum Gasteiger partial charge on any atom is 0.363 e. The van der Waals surface area contributed by atoms with E-state index in [2.05, 4.69) is 11.9 Å². The third-order valence-electron chi connectivity index (χ3n) is 5.26. The molecule has 1 aliphatic carbocycles. The lowest BCUT2D eigenvalue weighted by Gasteiger charge is -2.27. The number of ether oxygens (including phenoxy) is 3. The highest BCUT2D eigenvalue weighted by Crippen LogP contribution is 2.36. The fraction of sp³-hybridized carbons (Fsp3) is 0.524. The highest BCUT2D eigenvalue weighted by atomic mass is 16.6. The Labute approximate surface area is 155 Å². The van der Waals surface area contributed by atoms with Gasteiger partial charge in [-0.2, -0.15) is 0 Å². The lowest BCUT2D eigenvalue weighted by Crippen LogP contribution is -2.22. The van der Waals surface area contributed by atoms with Crippen molar-refractivity contribution in [2.45, 2.75) is 45.4 Å². The molecule has 3 rings (SSSR count). The zero-order valence-electron chi connectivity index (χ0n) is 15.8. The van der Waals surface area contributed by atoms with Gasteiger partial charge < -0.3 is 14.2 Å². The Kier molecular flexibility index (Phi) is 5.96. The van der Waals surface area contributed by atoms with Gasteiger partial charge in [0.1, 0.15) is 0 Å². The van der Waals surface area contributed by atoms with E-state index in [0.29, 0.717) is 23.1 Å². The average molecular weight is 357 g/mol. The molecule has 0 N–H and O–H groups in total. The van der Waals surface area contributed by atoms with Gasteiger partial charge in [-0.25, -0.2) is 9.79 Å². The topological polar surface area (TPSA) is 57.1 Å². The number of methoxy groups -OCH3 is 2. The summed E-state index contributed by atoms with van der Waals surface area (Å²) in [4.78, 5) is 16.8. The maximum atomic E-state index is 12.3. The van der Waals surface area contributed by atoms with E-state index in [1.54, 1.807) is 20.3 Å². The largest absolute Gasteiger partial charge is 0.493 e. The molecule has 0 unspecified atom stereocenters. The Morgan fingerprint density at radius 1 is 1.19 bits per heavy atom. The lowest BCUT2D eigenvalue weighted by molar-refractivity contribution is -0.130. The number of nitrogens with zero attached hydrogens (tertiary/aromatic N) is 1. The Bertz CT molecular complexity index is 715. The summed E-state index contributed by atoms with van der Waals surface area (Å²) >= 11 is 0. The Morgan fingerprint density at radius 3 is 2.62 bits per heavy atom. The number of benzene rings is 1. The number of para-hydroxylation sites is 1. The molecule has 1 aromatic rings. The molecule has 1 heterocycles. The van der Waals surface area contributed by atoms with Crippen molar-refractivity contribution in [2.24, 2.45) is 16.8 Å². The molecule has 0 amide bonds. The molecule has 0 radical (unpaired) electrons. The molecule has 0 bridgehead atoms. The normalized spacial score (nSPS) is 24.3. The highest BCUT2D eigenvalue weighted by Gasteiger charge is 2.32. The summed E-state index contributed by atoms with van der Waals surface area (Å²) in [7, 11) is 3.17. The van der Waals surface area contributed by atoms with Gasteiger partial charge in [-0.3, -0.25) is 0 Å². The van der Waals surface area contributed by atoms with Crippen LogP contribution in [0.15, 0.2) is 28.9 Å². The van der Waals surface area contributed by atoms with E-state index in [9.17, 15) is 4.79 Å². The van der Waals surface area contributed by atoms with Crippen molar-refractivity contribution >= 4 is 17.9 Å². The van der Waals surface area contributed by atoms with Crippen molar-refractivity contribution < 1.29 is 19.0 Å². The standard InChI is InChI=1S/C21H27NO4/c1-4-6-14-9-11-15(12-10-14)20-22-17(21(23)26-20)13-16-7-5-8-18(24-2)19(16)25-3/h5,7-8,13-15H,4,6,9-12H2,1-3H3/b17-13+. The van der Waals surface area contributed by atoms with Crippen LogP contribution in [0.3, 0.4) is 0 Å². The number of hydrogen-bond donors (Lipinski definition) is 0. The van der Waals surface area contributed by atoms with Crippen molar-refractivity contribution in [3.8, 4) is 11.5 Å². The molecule has 0 atom stereocenters. The van der Waals surface area contributed by atoms with E-state index in [-0.39, 0.29) is 11.9 Å². The van der Waals surface area contributed by atoms with Gasteiger partial charge in [0.2, 0.25) is 5.90 Å². The second-order valence-corrected chi connectivity index (χ2v) is 6.96. The molecule has 1 aromatic carbocycles. The van der Waals surface area contributed by atoms with Gasteiger partial charge in [-0.05, 0) is 43.7 Å². The highest BCUT2D eigenvalue weighted by molar-refractivity contribution is 6.08. The minimum absolute atomic E-state index is 0.255. The monoisotopic (exact) mass is 357 g/mol. The van der Waals surface area contributed by atoms with E-state index in [4.69, 9.17) is 14.2 Å². The lowest BCUT2D eigenvalue weighted by atomic mass is 9.80. The SMILES string of the molecule is CCCC1CCC(C2=N/C(=C/c3cccc(OC)c3OC)C(=O)O2)CC1. The minimum atomic E-state index is -0.388. The molecule has 1 saturated carbocycles.